The predicted molar refractivity (Wildman–Crippen MR) is 64.9 cm³/mol. The molecule has 2 rings (SSSR count). The van der Waals surface area contributed by atoms with Gasteiger partial charge in [-0.05, 0) is 18.6 Å². The third-order valence-corrected chi connectivity index (χ3v) is 3.14. The van der Waals surface area contributed by atoms with E-state index in [9.17, 15) is 27.2 Å². The summed E-state index contributed by atoms with van der Waals surface area (Å²) in [5.41, 5.74) is -2.15. The van der Waals surface area contributed by atoms with Crippen molar-refractivity contribution >= 4 is 11.8 Å². The van der Waals surface area contributed by atoms with Crippen LogP contribution in [0.4, 0.5) is 17.6 Å². The average Bonchev–Trinajstić information content (AvgIpc) is 2.80. The van der Waals surface area contributed by atoms with E-state index >= 15 is 0 Å². The van der Waals surface area contributed by atoms with Crippen molar-refractivity contribution in [1.82, 2.24) is 10.6 Å². The number of hydrogen-bond donors (Lipinski definition) is 2. The van der Waals surface area contributed by atoms with Crippen molar-refractivity contribution in [2.75, 3.05) is 6.54 Å². The zero-order valence-corrected chi connectivity index (χ0v) is 10.8. The Kier molecular flexibility index (Phi) is 4.15. The van der Waals surface area contributed by atoms with E-state index in [0.717, 1.165) is 12.1 Å². The summed E-state index contributed by atoms with van der Waals surface area (Å²) in [7, 11) is 0. The summed E-state index contributed by atoms with van der Waals surface area (Å²) in [5, 5.41) is 4.90. The van der Waals surface area contributed by atoms with E-state index in [4.69, 9.17) is 0 Å². The number of hydrogen-bond acceptors (Lipinski definition) is 2. The second-order valence-electron chi connectivity index (χ2n) is 4.68. The molecule has 0 spiro atoms. The van der Waals surface area contributed by atoms with E-state index in [1.165, 1.54) is 0 Å². The van der Waals surface area contributed by atoms with E-state index < -0.39 is 29.0 Å². The zero-order valence-electron chi connectivity index (χ0n) is 10.8. The van der Waals surface area contributed by atoms with Crippen LogP contribution in [-0.4, -0.2) is 24.4 Å². The van der Waals surface area contributed by atoms with Gasteiger partial charge in [0, 0.05) is 19.0 Å². The van der Waals surface area contributed by atoms with Gasteiger partial charge in [0.15, 0.2) is 0 Å². The van der Waals surface area contributed by atoms with Crippen LogP contribution in [-0.2, 0) is 11.0 Å². The number of halogens is 4. The first-order valence-electron chi connectivity index (χ1n) is 6.22. The van der Waals surface area contributed by atoms with E-state index in [-0.39, 0.29) is 18.5 Å². The lowest BCUT2D eigenvalue weighted by Gasteiger charge is -2.13. The molecule has 1 aromatic carbocycles. The van der Waals surface area contributed by atoms with Gasteiger partial charge in [-0.3, -0.25) is 9.59 Å². The summed E-state index contributed by atoms with van der Waals surface area (Å²) in [4.78, 5) is 22.7. The number of nitrogens with one attached hydrogen (secondary N) is 2. The molecule has 1 heterocycles. The van der Waals surface area contributed by atoms with Crippen molar-refractivity contribution in [3.05, 3.63) is 35.1 Å². The molecule has 1 atom stereocenters. The first-order valence-corrected chi connectivity index (χ1v) is 6.22. The molecule has 2 N–H and O–H groups in total. The van der Waals surface area contributed by atoms with E-state index in [1.807, 2.05) is 0 Å². The maximum absolute atomic E-state index is 13.7. The summed E-state index contributed by atoms with van der Waals surface area (Å²) in [5.74, 6) is -2.70. The van der Waals surface area contributed by atoms with E-state index in [1.54, 1.807) is 0 Å². The SMILES string of the molecule is O=C1CCC(CNC(=O)c2cccc(C(F)(F)F)c2F)N1. The number of rotatable bonds is 3. The molecule has 0 bridgehead atoms. The Labute approximate surface area is 117 Å². The largest absolute Gasteiger partial charge is 0.419 e. The zero-order chi connectivity index (χ0) is 15.6. The molecule has 0 aromatic heterocycles. The van der Waals surface area contributed by atoms with Crippen LogP contribution in [0.3, 0.4) is 0 Å². The highest BCUT2D eigenvalue weighted by molar-refractivity contribution is 5.94. The van der Waals surface area contributed by atoms with Crippen LogP contribution in [0.5, 0.6) is 0 Å². The van der Waals surface area contributed by atoms with Gasteiger partial charge in [-0.1, -0.05) is 6.07 Å². The van der Waals surface area contributed by atoms with Gasteiger partial charge < -0.3 is 10.6 Å². The highest BCUT2D eigenvalue weighted by Gasteiger charge is 2.35. The highest BCUT2D eigenvalue weighted by atomic mass is 19.4. The van der Waals surface area contributed by atoms with Crippen LogP contribution in [0.25, 0.3) is 0 Å². The Bertz CT molecular complexity index is 572. The second kappa shape index (κ2) is 5.71. The fourth-order valence-electron chi connectivity index (χ4n) is 2.07. The normalized spacial score (nSPS) is 18.5. The lowest BCUT2D eigenvalue weighted by molar-refractivity contribution is -0.140. The molecule has 0 radical (unpaired) electrons. The molecule has 1 aliphatic rings. The number of amides is 2. The minimum absolute atomic E-state index is 0.0419. The van der Waals surface area contributed by atoms with Gasteiger partial charge in [0.1, 0.15) is 5.82 Å². The van der Waals surface area contributed by atoms with E-state index in [0.29, 0.717) is 18.9 Å². The highest BCUT2D eigenvalue weighted by Crippen LogP contribution is 2.32. The fraction of sp³-hybridized carbons (Fsp3) is 0.385. The molecule has 4 nitrogen and oxygen atoms in total. The smallest absolute Gasteiger partial charge is 0.352 e. The number of alkyl halides is 3. The third kappa shape index (κ3) is 3.50. The van der Waals surface area contributed by atoms with Gasteiger partial charge >= 0.3 is 6.18 Å². The summed E-state index contributed by atoms with van der Waals surface area (Å²) < 4.78 is 51.4. The third-order valence-electron chi connectivity index (χ3n) is 3.14. The number of carbonyl (C=O) groups excluding carboxylic acids is 2. The Balaban J connectivity index is 2.07. The van der Waals surface area contributed by atoms with Gasteiger partial charge in [-0.25, -0.2) is 4.39 Å². The topological polar surface area (TPSA) is 58.2 Å². The molecule has 1 unspecified atom stereocenters. The number of benzene rings is 1. The molecule has 1 aliphatic heterocycles. The lowest BCUT2D eigenvalue weighted by Crippen LogP contribution is -2.38. The Morgan fingerprint density at radius 3 is 2.67 bits per heavy atom. The first-order chi connectivity index (χ1) is 9.79. The molecule has 1 saturated heterocycles. The van der Waals surface area contributed by atoms with Gasteiger partial charge in [0.05, 0.1) is 11.1 Å². The summed E-state index contributed by atoms with van der Waals surface area (Å²) in [6, 6.07) is 2.24. The lowest BCUT2D eigenvalue weighted by atomic mass is 10.1. The molecule has 0 aliphatic carbocycles. The fourth-order valence-corrected chi connectivity index (χ4v) is 2.07. The van der Waals surface area contributed by atoms with Crippen molar-refractivity contribution in [2.45, 2.75) is 25.1 Å². The van der Waals surface area contributed by atoms with Gasteiger partial charge in [0.25, 0.3) is 5.91 Å². The standard InChI is InChI=1S/C13H12F4N2O2/c14-11-8(2-1-3-9(11)13(15,16)17)12(21)18-6-7-4-5-10(20)19-7/h1-3,7H,4-6H2,(H,18,21)(H,19,20). The van der Waals surface area contributed by atoms with Gasteiger partial charge in [0.2, 0.25) is 5.91 Å². The van der Waals surface area contributed by atoms with Gasteiger partial charge in [-0.15, -0.1) is 0 Å². The Morgan fingerprint density at radius 2 is 2.10 bits per heavy atom. The van der Waals surface area contributed by atoms with E-state index in [2.05, 4.69) is 10.6 Å². The molecule has 1 aromatic rings. The number of carbonyl (C=O) groups is 2. The summed E-state index contributed by atoms with van der Waals surface area (Å²) >= 11 is 0. The molecular weight excluding hydrogens is 292 g/mol. The van der Waals surface area contributed by atoms with Crippen molar-refractivity contribution in [3.8, 4) is 0 Å². The quantitative estimate of drug-likeness (QED) is 0.837. The molecular formula is C13H12F4N2O2. The average molecular weight is 304 g/mol. The predicted octanol–water partition coefficient (Wildman–Crippen LogP) is 1.85. The Morgan fingerprint density at radius 1 is 1.38 bits per heavy atom. The molecule has 2 amide bonds. The maximum Gasteiger partial charge on any atom is 0.419 e. The van der Waals surface area contributed by atoms with Crippen molar-refractivity contribution in [2.24, 2.45) is 0 Å². The molecule has 114 valence electrons. The minimum atomic E-state index is -4.86. The minimum Gasteiger partial charge on any atom is -0.352 e. The van der Waals surface area contributed by atoms with Crippen LogP contribution < -0.4 is 10.6 Å². The van der Waals surface area contributed by atoms with Crippen LogP contribution in [0.2, 0.25) is 0 Å². The van der Waals surface area contributed by atoms with Crippen molar-refractivity contribution in [1.29, 1.82) is 0 Å². The van der Waals surface area contributed by atoms with Crippen LogP contribution in [0.1, 0.15) is 28.8 Å². The van der Waals surface area contributed by atoms with Crippen LogP contribution in [0.15, 0.2) is 18.2 Å². The van der Waals surface area contributed by atoms with Crippen LogP contribution >= 0.6 is 0 Å². The molecule has 8 heteroatoms. The molecule has 0 saturated carbocycles. The Hall–Kier alpha value is -2.12. The van der Waals surface area contributed by atoms with Crippen molar-refractivity contribution in [3.63, 3.8) is 0 Å². The van der Waals surface area contributed by atoms with Crippen molar-refractivity contribution < 1.29 is 27.2 Å². The van der Waals surface area contributed by atoms with Crippen LogP contribution in [0, 0.1) is 5.82 Å². The summed E-state index contributed by atoms with van der Waals surface area (Å²) in [6.07, 6.45) is -4.01. The van der Waals surface area contributed by atoms with Gasteiger partial charge in [-0.2, -0.15) is 13.2 Å². The first kappa shape index (κ1) is 15.3. The monoisotopic (exact) mass is 304 g/mol. The maximum atomic E-state index is 13.7. The summed E-state index contributed by atoms with van der Waals surface area (Å²) in [6.45, 7) is 0.0419. The molecule has 21 heavy (non-hydrogen) atoms. The molecule has 1 fully saturated rings. The second-order valence-corrected chi connectivity index (χ2v) is 4.68.